The van der Waals surface area contributed by atoms with Gasteiger partial charge in [0.2, 0.25) is 0 Å². The van der Waals surface area contributed by atoms with Crippen LogP contribution in [-0.2, 0) is 0 Å². The number of hydrogen-bond acceptors (Lipinski definition) is 2. The molecule has 2 heteroatoms. The van der Waals surface area contributed by atoms with Gasteiger partial charge < -0.3 is 10.1 Å². The SMILES string of the molecule is CCNC(c1ccccc1OCC)C1C2C3CCC(C3)C21. The first-order chi connectivity index (χ1) is 10.3. The van der Waals surface area contributed by atoms with Gasteiger partial charge in [0.05, 0.1) is 6.61 Å². The number of benzene rings is 1. The van der Waals surface area contributed by atoms with E-state index in [4.69, 9.17) is 4.74 Å². The lowest BCUT2D eigenvalue weighted by molar-refractivity contribution is 0.319. The number of para-hydroxylation sites is 1. The molecule has 0 amide bonds. The molecule has 3 aliphatic rings. The summed E-state index contributed by atoms with van der Waals surface area (Å²) in [5.74, 6) is 6.02. The fourth-order valence-electron chi connectivity index (χ4n) is 5.54. The molecule has 2 nitrogen and oxygen atoms in total. The largest absolute Gasteiger partial charge is 0.494 e. The Bertz CT molecular complexity index is 498. The minimum atomic E-state index is 0.496. The summed E-state index contributed by atoms with van der Waals surface area (Å²) < 4.78 is 5.89. The van der Waals surface area contributed by atoms with Gasteiger partial charge in [-0.05, 0) is 68.4 Å². The molecule has 0 saturated heterocycles. The smallest absolute Gasteiger partial charge is 0.124 e. The lowest BCUT2D eigenvalue weighted by Crippen LogP contribution is -2.26. The Balaban J connectivity index is 1.61. The molecule has 0 heterocycles. The molecular formula is C19H27NO. The summed E-state index contributed by atoms with van der Waals surface area (Å²) in [6.45, 7) is 6.09. The molecule has 3 saturated carbocycles. The monoisotopic (exact) mass is 285 g/mol. The van der Waals surface area contributed by atoms with Gasteiger partial charge in [0.25, 0.3) is 0 Å². The van der Waals surface area contributed by atoms with Crippen molar-refractivity contribution in [2.45, 2.75) is 39.2 Å². The second kappa shape index (κ2) is 5.31. The fraction of sp³-hybridized carbons (Fsp3) is 0.684. The molecule has 0 spiro atoms. The van der Waals surface area contributed by atoms with Gasteiger partial charge in [0, 0.05) is 11.6 Å². The summed E-state index contributed by atoms with van der Waals surface area (Å²) >= 11 is 0. The Morgan fingerprint density at radius 3 is 2.52 bits per heavy atom. The second-order valence-electron chi connectivity index (χ2n) is 7.07. The number of fused-ring (bicyclic) bond motifs is 5. The summed E-state index contributed by atoms with van der Waals surface area (Å²) in [7, 11) is 0. The van der Waals surface area contributed by atoms with E-state index in [9.17, 15) is 0 Å². The first-order valence-corrected chi connectivity index (χ1v) is 8.80. The second-order valence-corrected chi connectivity index (χ2v) is 7.07. The van der Waals surface area contributed by atoms with Crippen LogP contribution in [0.3, 0.4) is 0 Å². The van der Waals surface area contributed by atoms with Crippen molar-refractivity contribution in [2.24, 2.45) is 29.6 Å². The zero-order chi connectivity index (χ0) is 14.4. The van der Waals surface area contributed by atoms with Crippen LogP contribution in [-0.4, -0.2) is 13.2 Å². The van der Waals surface area contributed by atoms with Crippen LogP contribution in [0.1, 0.15) is 44.7 Å². The van der Waals surface area contributed by atoms with E-state index in [1.165, 1.54) is 24.8 Å². The van der Waals surface area contributed by atoms with Crippen LogP contribution in [0.5, 0.6) is 5.75 Å². The van der Waals surface area contributed by atoms with Gasteiger partial charge in [0.1, 0.15) is 5.75 Å². The Morgan fingerprint density at radius 2 is 1.86 bits per heavy atom. The van der Waals surface area contributed by atoms with Gasteiger partial charge >= 0.3 is 0 Å². The zero-order valence-corrected chi connectivity index (χ0v) is 13.2. The van der Waals surface area contributed by atoms with E-state index in [2.05, 4.69) is 43.4 Å². The molecule has 3 aliphatic carbocycles. The molecule has 21 heavy (non-hydrogen) atoms. The predicted molar refractivity (Wildman–Crippen MR) is 85.3 cm³/mol. The van der Waals surface area contributed by atoms with Crippen LogP contribution in [0.25, 0.3) is 0 Å². The average Bonchev–Trinajstić information content (AvgIpc) is 2.92. The maximum absolute atomic E-state index is 5.89. The standard InChI is InChI=1S/C19H27NO/c1-3-20-19(14-7-5-6-8-15(14)21-4-2)18-16-12-9-10-13(11-12)17(16)18/h5-8,12-13,16-20H,3-4,9-11H2,1-2H3. The van der Waals surface area contributed by atoms with Gasteiger partial charge in [-0.2, -0.15) is 0 Å². The Hall–Kier alpha value is -1.02. The van der Waals surface area contributed by atoms with Crippen molar-refractivity contribution in [3.63, 3.8) is 0 Å². The molecule has 1 aromatic rings. The number of nitrogens with one attached hydrogen (secondary N) is 1. The third kappa shape index (κ3) is 2.11. The van der Waals surface area contributed by atoms with Gasteiger partial charge in [-0.3, -0.25) is 0 Å². The molecule has 5 unspecified atom stereocenters. The van der Waals surface area contributed by atoms with Crippen LogP contribution in [0.4, 0.5) is 0 Å². The van der Waals surface area contributed by atoms with Crippen molar-refractivity contribution < 1.29 is 4.74 Å². The van der Waals surface area contributed by atoms with Crippen molar-refractivity contribution in [3.8, 4) is 5.75 Å². The lowest BCUT2D eigenvalue weighted by Gasteiger charge is -2.24. The molecule has 3 fully saturated rings. The van der Waals surface area contributed by atoms with Crippen molar-refractivity contribution in [1.29, 1.82) is 0 Å². The summed E-state index contributed by atoms with van der Waals surface area (Å²) in [6, 6.07) is 9.16. The minimum absolute atomic E-state index is 0.496. The highest BCUT2D eigenvalue weighted by molar-refractivity contribution is 5.38. The van der Waals surface area contributed by atoms with Gasteiger partial charge in [-0.15, -0.1) is 0 Å². The quantitative estimate of drug-likeness (QED) is 0.852. The number of ether oxygens (including phenoxy) is 1. The predicted octanol–water partition coefficient (Wildman–Crippen LogP) is 4.03. The van der Waals surface area contributed by atoms with E-state index in [0.29, 0.717) is 6.04 Å². The van der Waals surface area contributed by atoms with Crippen LogP contribution in [0.15, 0.2) is 24.3 Å². The molecule has 2 bridgehead atoms. The van der Waals surface area contributed by atoms with Gasteiger partial charge in [-0.1, -0.05) is 25.1 Å². The van der Waals surface area contributed by atoms with E-state index in [-0.39, 0.29) is 0 Å². The summed E-state index contributed by atoms with van der Waals surface area (Å²) in [4.78, 5) is 0. The van der Waals surface area contributed by atoms with Crippen LogP contribution < -0.4 is 10.1 Å². The molecule has 0 aromatic heterocycles. The maximum atomic E-state index is 5.89. The molecule has 0 aliphatic heterocycles. The average molecular weight is 285 g/mol. The third-order valence-corrected chi connectivity index (χ3v) is 6.16. The van der Waals surface area contributed by atoms with E-state index in [1.54, 1.807) is 0 Å². The highest BCUT2D eigenvalue weighted by atomic mass is 16.5. The molecule has 4 rings (SSSR count). The normalized spacial score (nSPS) is 37.3. The molecular weight excluding hydrogens is 258 g/mol. The number of hydrogen-bond donors (Lipinski definition) is 1. The molecule has 114 valence electrons. The highest BCUT2D eigenvalue weighted by Gasteiger charge is 2.66. The first-order valence-electron chi connectivity index (χ1n) is 8.80. The first kappa shape index (κ1) is 13.6. The summed E-state index contributed by atoms with van der Waals surface area (Å²) in [6.07, 6.45) is 4.51. The van der Waals surface area contributed by atoms with Crippen molar-refractivity contribution >= 4 is 0 Å². The topological polar surface area (TPSA) is 21.3 Å². The fourth-order valence-corrected chi connectivity index (χ4v) is 5.54. The Labute approximate surface area is 128 Å². The molecule has 1 N–H and O–H groups in total. The van der Waals surface area contributed by atoms with Crippen molar-refractivity contribution in [1.82, 2.24) is 5.32 Å². The summed E-state index contributed by atoms with van der Waals surface area (Å²) in [5, 5.41) is 3.78. The van der Waals surface area contributed by atoms with Gasteiger partial charge in [-0.25, -0.2) is 0 Å². The Kier molecular flexibility index (Phi) is 3.45. The minimum Gasteiger partial charge on any atom is -0.494 e. The van der Waals surface area contributed by atoms with Crippen molar-refractivity contribution in [3.05, 3.63) is 29.8 Å². The Morgan fingerprint density at radius 1 is 1.14 bits per heavy atom. The van der Waals surface area contributed by atoms with Gasteiger partial charge in [0.15, 0.2) is 0 Å². The van der Waals surface area contributed by atoms with E-state index in [0.717, 1.165) is 48.5 Å². The van der Waals surface area contributed by atoms with E-state index < -0.39 is 0 Å². The van der Waals surface area contributed by atoms with Crippen LogP contribution in [0, 0.1) is 29.6 Å². The number of rotatable bonds is 6. The van der Waals surface area contributed by atoms with Crippen LogP contribution >= 0.6 is 0 Å². The zero-order valence-electron chi connectivity index (χ0n) is 13.2. The molecule has 5 atom stereocenters. The lowest BCUT2D eigenvalue weighted by atomic mass is 9.92. The third-order valence-electron chi connectivity index (χ3n) is 6.16. The maximum Gasteiger partial charge on any atom is 0.124 e. The highest BCUT2D eigenvalue weighted by Crippen LogP contribution is 2.72. The van der Waals surface area contributed by atoms with E-state index in [1.807, 2.05) is 0 Å². The van der Waals surface area contributed by atoms with Crippen molar-refractivity contribution in [2.75, 3.05) is 13.2 Å². The molecule has 1 aromatic carbocycles. The summed E-state index contributed by atoms with van der Waals surface area (Å²) in [5.41, 5.74) is 1.39. The van der Waals surface area contributed by atoms with Crippen LogP contribution in [0.2, 0.25) is 0 Å². The molecule has 0 radical (unpaired) electrons. The van der Waals surface area contributed by atoms with E-state index >= 15 is 0 Å².